The van der Waals surface area contributed by atoms with Gasteiger partial charge < -0.3 is 4.90 Å². The van der Waals surface area contributed by atoms with E-state index in [1.807, 2.05) is 24.3 Å². The third-order valence-electron chi connectivity index (χ3n) is 4.97. The highest BCUT2D eigenvalue weighted by atomic mass is 16.1. The molecule has 0 unspecified atom stereocenters. The van der Waals surface area contributed by atoms with Gasteiger partial charge in [0.25, 0.3) is 0 Å². The summed E-state index contributed by atoms with van der Waals surface area (Å²) in [5.74, 6) is 0.0907. The van der Waals surface area contributed by atoms with Gasteiger partial charge >= 0.3 is 0 Å². The van der Waals surface area contributed by atoms with Crippen molar-refractivity contribution in [2.45, 2.75) is 26.7 Å². The molecule has 1 fully saturated rings. The molecule has 0 atom stereocenters. The lowest BCUT2D eigenvalue weighted by Gasteiger charge is -2.20. The van der Waals surface area contributed by atoms with Gasteiger partial charge in [0.1, 0.15) is 0 Å². The van der Waals surface area contributed by atoms with E-state index in [2.05, 4.69) is 36.1 Å². The first-order chi connectivity index (χ1) is 12.1. The highest BCUT2D eigenvalue weighted by Crippen LogP contribution is 2.32. The number of aryl methyl sites for hydroxylation is 1. The Balaban J connectivity index is 1.83. The van der Waals surface area contributed by atoms with E-state index in [0.29, 0.717) is 0 Å². The van der Waals surface area contributed by atoms with Gasteiger partial charge in [-0.05, 0) is 56.0 Å². The lowest BCUT2D eigenvalue weighted by atomic mass is 9.99. The van der Waals surface area contributed by atoms with Crippen LogP contribution in [0.2, 0.25) is 0 Å². The Hall–Kier alpha value is -2.68. The number of anilines is 1. The molecule has 0 amide bonds. The molecule has 0 spiro atoms. The van der Waals surface area contributed by atoms with Gasteiger partial charge in [-0.3, -0.25) is 9.78 Å². The van der Waals surface area contributed by atoms with Crippen LogP contribution < -0.4 is 4.90 Å². The molecule has 3 heteroatoms. The Morgan fingerprint density at radius 3 is 2.52 bits per heavy atom. The number of carbonyl (C=O) groups is 1. The van der Waals surface area contributed by atoms with Crippen LogP contribution in [0.5, 0.6) is 0 Å². The minimum Gasteiger partial charge on any atom is -0.371 e. The zero-order chi connectivity index (χ0) is 17.4. The van der Waals surface area contributed by atoms with E-state index in [-0.39, 0.29) is 5.78 Å². The number of ketones is 1. The molecular weight excluding hydrogens is 308 g/mol. The smallest absolute Gasteiger partial charge is 0.159 e. The lowest BCUT2D eigenvalue weighted by Crippen LogP contribution is -2.18. The van der Waals surface area contributed by atoms with Gasteiger partial charge in [0.2, 0.25) is 0 Å². The van der Waals surface area contributed by atoms with Crippen LogP contribution in [0.25, 0.3) is 22.0 Å². The number of hydrogen-bond acceptors (Lipinski definition) is 3. The SMILES string of the molecule is CC(=O)c1cccc(-c2ccc3c(N4CCCC4)cc(C)nc3c2)c1. The second kappa shape index (κ2) is 6.32. The third-order valence-corrected chi connectivity index (χ3v) is 4.97. The Morgan fingerprint density at radius 2 is 1.76 bits per heavy atom. The molecule has 1 aromatic heterocycles. The molecule has 1 aliphatic heterocycles. The van der Waals surface area contributed by atoms with Crippen molar-refractivity contribution in [1.82, 2.24) is 4.98 Å². The van der Waals surface area contributed by atoms with Crippen LogP contribution in [-0.4, -0.2) is 23.9 Å². The molecule has 0 aliphatic carbocycles. The second-order valence-electron chi connectivity index (χ2n) is 6.85. The van der Waals surface area contributed by atoms with Crippen LogP contribution in [0.3, 0.4) is 0 Å². The molecule has 1 saturated heterocycles. The molecule has 2 heterocycles. The quantitative estimate of drug-likeness (QED) is 0.633. The number of hydrogen-bond donors (Lipinski definition) is 0. The van der Waals surface area contributed by atoms with Gasteiger partial charge in [-0.25, -0.2) is 0 Å². The number of nitrogens with zero attached hydrogens (tertiary/aromatic N) is 2. The first-order valence-electron chi connectivity index (χ1n) is 8.89. The Kier molecular flexibility index (Phi) is 4.00. The Labute approximate surface area is 148 Å². The summed E-state index contributed by atoms with van der Waals surface area (Å²) in [6.45, 7) is 5.91. The average molecular weight is 330 g/mol. The Morgan fingerprint density at radius 1 is 1.00 bits per heavy atom. The molecular formula is C22H22N2O. The van der Waals surface area contributed by atoms with Crippen LogP contribution in [0.15, 0.2) is 48.5 Å². The van der Waals surface area contributed by atoms with Crippen molar-refractivity contribution >= 4 is 22.4 Å². The van der Waals surface area contributed by atoms with Crippen LogP contribution in [0, 0.1) is 6.92 Å². The van der Waals surface area contributed by atoms with E-state index in [0.717, 1.165) is 41.0 Å². The molecule has 0 radical (unpaired) electrons. The number of benzene rings is 2. The lowest BCUT2D eigenvalue weighted by molar-refractivity contribution is 0.101. The maximum Gasteiger partial charge on any atom is 0.159 e. The zero-order valence-electron chi connectivity index (χ0n) is 14.7. The summed E-state index contributed by atoms with van der Waals surface area (Å²) in [5, 5.41) is 1.21. The van der Waals surface area contributed by atoms with Gasteiger partial charge in [-0.15, -0.1) is 0 Å². The molecule has 0 saturated carbocycles. The number of carbonyl (C=O) groups excluding carboxylic acids is 1. The normalized spacial score (nSPS) is 14.2. The summed E-state index contributed by atoms with van der Waals surface area (Å²) >= 11 is 0. The van der Waals surface area contributed by atoms with Crippen LogP contribution in [0.4, 0.5) is 5.69 Å². The number of rotatable bonds is 3. The van der Waals surface area contributed by atoms with E-state index in [4.69, 9.17) is 4.98 Å². The van der Waals surface area contributed by atoms with Crippen molar-refractivity contribution in [3.63, 3.8) is 0 Å². The van der Waals surface area contributed by atoms with E-state index in [1.54, 1.807) is 6.92 Å². The fourth-order valence-corrected chi connectivity index (χ4v) is 3.66. The fraction of sp³-hybridized carbons (Fsp3) is 0.273. The summed E-state index contributed by atoms with van der Waals surface area (Å²) < 4.78 is 0. The maximum atomic E-state index is 11.7. The molecule has 2 aromatic carbocycles. The molecule has 3 nitrogen and oxygen atoms in total. The summed E-state index contributed by atoms with van der Waals surface area (Å²) in [7, 11) is 0. The highest BCUT2D eigenvalue weighted by Gasteiger charge is 2.16. The number of fused-ring (bicyclic) bond motifs is 1. The summed E-state index contributed by atoms with van der Waals surface area (Å²) in [4.78, 5) is 18.9. The predicted molar refractivity (Wildman–Crippen MR) is 103 cm³/mol. The van der Waals surface area contributed by atoms with Crippen molar-refractivity contribution in [2.75, 3.05) is 18.0 Å². The average Bonchev–Trinajstić information content (AvgIpc) is 3.15. The molecule has 1 aliphatic rings. The predicted octanol–water partition coefficient (Wildman–Crippen LogP) is 5.01. The first kappa shape index (κ1) is 15.8. The summed E-state index contributed by atoms with van der Waals surface area (Å²) in [5.41, 5.74) is 6.26. The number of pyridine rings is 1. The van der Waals surface area contributed by atoms with Gasteiger partial charge in [-0.1, -0.05) is 30.3 Å². The summed E-state index contributed by atoms with van der Waals surface area (Å²) in [6, 6.07) is 16.5. The van der Waals surface area contributed by atoms with Gasteiger partial charge in [-0.2, -0.15) is 0 Å². The molecule has 0 bridgehead atoms. The number of Topliss-reactive ketones (excluding diaryl/α,β-unsaturated/α-hetero) is 1. The second-order valence-corrected chi connectivity index (χ2v) is 6.85. The fourth-order valence-electron chi connectivity index (χ4n) is 3.66. The minimum atomic E-state index is 0.0907. The molecule has 0 N–H and O–H groups in total. The van der Waals surface area contributed by atoms with Gasteiger partial charge in [0.15, 0.2) is 5.78 Å². The summed E-state index contributed by atoms with van der Waals surface area (Å²) in [6.07, 6.45) is 2.53. The molecule has 4 rings (SSSR count). The van der Waals surface area contributed by atoms with Crippen LogP contribution >= 0.6 is 0 Å². The topological polar surface area (TPSA) is 33.2 Å². The van der Waals surface area contributed by atoms with Crippen LogP contribution in [-0.2, 0) is 0 Å². The molecule has 3 aromatic rings. The van der Waals surface area contributed by atoms with Gasteiger partial charge in [0, 0.05) is 35.4 Å². The molecule has 126 valence electrons. The van der Waals surface area contributed by atoms with E-state index in [1.165, 1.54) is 23.9 Å². The van der Waals surface area contributed by atoms with E-state index in [9.17, 15) is 4.79 Å². The van der Waals surface area contributed by atoms with Crippen molar-refractivity contribution < 1.29 is 4.79 Å². The third kappa shape index (κ3) is 3.02. The highest BCUT2D eigenvalue weighted by molar-refractivity contribution is 5.97. The number of aromatic nitrogens is 1. The molecule has 25 heavy (non-hydrogen) atoms. The Bertz CT molecular complexity index is 955. The standard InChI is InChI=1S/C22H22N2O/c1-15-12-22(24-10-3-4-11-24)20-9-8-19(14-21(20)23-15)18-7-5-6-17(13-18)16(2)25/h5-9,12-14H,3-4,10-11H2,1-2H3. The van der Waals surface area contributed by atoms with E-state index < -0.39 is 0 Å². The van der Waals surface area contributed by atoms with Crippen molar-refractivity contribution in [1.29, 1.82) is 0 Å². The van der Waals surface area contributed by atoms with Crippen molar-refractivity contribution in [2.24, 2.45) is 0 Å². The first-order valence-corrected chi connectivity index (χ1v) is 8.89. The minimum absolute atomic E-state index is 0.0907. The van der Waals surface area contributed by atoms with Crippen molar-refractivity contribution in [3.05, 3.63) is 59.8 Å². The maximum absolute atomic E-state index is 11.7. The zero-order valence-corrected chi connectivity index (χ0v) is 14.7. The largest absolute Gasteiger partial charge is 0.371 e. The van der Waals surface area contributed by atoms with Crippen molar-refractivity contribution in [3.8, 4) is 11.1 Å². The van der Waals surface area contributed by atoms with Gasteiger partial charge in [0.05, 0.1) is 5.52 Å². The van der Waals surface area contributed by atoms with E-state index >= 15 is 0 Å². The monoisotopic (exact) mass is 330 g/mol. The van der Waals surface area contributed by atoms with Crippen LogP contribution in [0.1, 0.15) is 35.8 Å².